The normalized spacial score (nSPS) is 15.8. The summed E-state index contributed by atoms with van der Waals surface area (Å²) in [6.07, 6.45) is -4.76. The number of piperidine rings is 2. The third-order valence-electron chi connectivity index (χ3n) is 11.0. The maximum atomic E-state index is 12.7. The van der Waals surface area contributed by atoms with E-state index in [0.29, 0.717) is 61.4 Å². The van der Waals surface area contributed by atoms with Crippen molar-refractivity contribution >= 4 is 49.8 Å². The van der Waals surface area contributed by atoms with Gasteiger partial charge in [-0.15, -0.1) is 26.3 Å². The minimum atomic E-state index is -4.71. The number of likely N-dealkylation sites (tertiary alicyclic amines) is 2. The van der Waals surface area contributed by atoms with E-state index >= 15 is 0 Å². The second kappa shape index (κ2) is 18.5. The highest BCUT2D eigenvalue weighted by Crippen LogP contribution is 2.34. The minimum Gasteiger partial charge on any atom is -0.343 e. The molecular weight excluding hydrogens is 864 g/mol. The Labute approximate surface area is 350 Å². The number of alkyl halides is 6. The summed E-state index contributed by atoms with van der Waals surface area (Å²) in [6, 6.07) is 13.0. The van der Waals surface area contributed by atoms with Gasteiger partial charge in [-0.3, -0.25) is 23.9 Å². The van der Waals surface area contributed by atoms with Crippen LogP contribution in [0.25, 0.3) is 33.2 Å². The molecule has 7 rings (SSSR count). The van der Waals surface area contributed by atoms with Crippen LogP contribution < -0.4 is 5.56 Å². The Morgan fingerprint density at radius 3 is 1.60 bits per heavy atom. The third-order valence-corrected chi connectivity index (χ3v) is 11.5. The van der Waals surface area contributed by atoms with Crippen LogP contribution >= 0.6 is 15.9 Å². The van der Waals surface area contributed by atoms with Gasteiger partial charge in [0, 0.05) is 88.2 Å². The number of amides is 2. The number of ether oxygens (including phenoxy) is 2. The highest BCUT2D eigenvalue weighted by molar-refractivity contribution is 9.10. The summed E-state index contributed by atoms with van der Waals surface area (Å²) in [5.74, 6) is 1.65. The number of fused-ring (bicyclic) bond motifs is 2. The Hall–Kier alpha value is -4.75. The van der Waals surface area contributed by atoms with Crippen molar-refractivity contribution in [1.29, 1.82) is 0 Å². The zero-order chi connectivity index (χ0) is 43.5. The minimum absolute atomic E-state index is 0.00593. The number of aryl methyl sites for hydroxylation is 2. The van der Waals surface area contributed by atoms with Gasteiger partial charge in [0.2, 0.25) is 11.8 Å². The van der Waals surface area contributed by atoms with Crippen LogP contribution in [-0.2, 0) is 39.2 Å². The van der Waals surface area contributed by atoms with E-state index in [9.17, 15) is 40.7 Å². The first kappa shape index (κ1) is 44.8. The van der Waals surface area contributed by atoms with Crippen LogP contribution in [0.3, 0.4) is 0 Å². The van der Waals surface area contributed by atoms with Crippen LogP contribution in [0.15, 0.2) is 57.9 Å². The van der Waals surface area contributed by atoms with Crippen molar-refractivity contribution in [2.24, 2.45) is 7.05 Å². The van der Waals surface area contributed by atoms with Gasteiger partial charge >= 0.3 is 12.7 Å². The lowest BCUT2D eigenvalue weighted by Gasteiger charge is -2.31. The molecule has 0 aliphatic carbocycles. The summed E-state index contributed by atoms with van der Waals surface area (Å²) >= 11 is 3.40. The number of halogens is 7. The molecular formula is C41H46BrF6N7O5. The molecule has 2 amide bonds. The molecule has 0 atom stereocenters. The smallest absolute Gasteiger partial charge is 0.343 e. The monoisotopic (exact) mass is 909 g/mol. The van der Waals surface area contributed by atoms with Crippen molar-refractivity contribution in [1.82, 2.24) is 33.5 Å². The quantitative estimate of drug-likeness (QED) is 0.138. The van der Waals surface area contributed by atoms with E-state index in [4.69, 9.17) is 4.98 Å². The predicted molar refractivity (Wildman–Crippen MR) is 215 cm³/mol. The van der Waals surface area contributed by atoms with E-state index < -0.39 is 25.9 Å². The van der Waals surface area contributed by atoms with Gasteiger partial charge < -0.3 is 23.5 Å². The fourth-order valence-corrected chi connectivity index (χ4v) is 8.32. The standard InChI is InChI=1S/C24H27F3N4O3.C17H19BrF3N3O2/c1-15-12-19(14-29(3)23(15)33)18-4-5-20-21(13-18)31(10-11-34-24(25,26)27)22(28-20)17-6-8-30(9-7-17)16(2)32;1-11(25)23-6-4-12(5-7-23)16-22-14-3-2-13(18)10-15(14)24(16)8-9-26-17(19,20)21/h4-5,12-14,17H,6-11H2,1-3H3;2-3,10,12H,4-9H2,1H3. The predicted octanol–water partition coefficient (Wildman–Crippen LogP) is 8.03. The molecule has 19 heteroatoms. The zero-order valence-electron chi connectivity index (χ0n) is 33.6. The first-order valence-corrected chi connectivity index (χ1v) is 20.3. The molecule has 2 aliphatic rings. The molecule has 5 aromatic rings. The van der Waals surface area contributed by atoms with Gasteiger partial charge in [-0.25, -0.2) is 9.97 Å². The summed E-state index contributed by atoms with van der Waals surface area (Å²) in [6.45, 7) is 6.32. The Balaban J connectivity index is 0.000000209. The highest BCUT2D eigenvalue weighted by Gasteiger charge is 2.32. The summed E-state index contributed by atoms with van der Waals surface area (Å²) < 4.78 is 89.0. The molecule has 0 bridgehead atoms. The van der Waals surface area contributed by atoms with Crippen LogP contribution in [0, 0.1) is 6.92 Å². The van der Waals surface area contributed by atoms with E-state index in [1.165, 1.54) is 11.5 Å². The van der Waals surface area contributed by atoms with Crippen molar-refractivity contribution in [2.75, 3.05) is 39.4 Å². The number of aromatic nitrogens is 5. The van der Waals surface area contributed by atoms with Crippen molar-refractivity contribution < 1.29 is 45.4 Å². The Morgan fingerprint density at radius 1 is 0.717 bits per heavy atom. The largest absolute Gasteiger partial charge is 0.522 e. The fraction of sp³-hybridized carbons (Fsp3) is 0.488. The average molecular weight is 911 g/mol. The van der Waals surface area contributed by atoms with Gasteiger partial charge in [-0.2, -0.15) is 0 Å². The molecule has 2 aromatic carbocycles. The first-order chi connectivity index (χ1) is 28.3. The number of hydrogen-bond acceptors (Lipinski definition) is 7. The molecule has 0 radical (unpaired) electrons. The molecule has 2 fully saturated rings. The summed E-state index contributed by atoms with van der Waals surface area (Å²) in [4.78, 5) is 48.3. The molecule has 2 aliphatic heterocycles. The Bertz CT molecular complexity index is 2370. The topological polar surface area (TPSA) is 117 Å². The summed E-state index contributed by atoms with van der Waals surface area (Å²) in [5.41, 5.74) is 5.08. The lowest BCUT2D eigenvalue weighted by Crippen LogP contribution is -2.37. The molecule has 60 heavy (non-hydrogen) atoms. The molecule has 0 N–H and O–H groups in total. The van der Waals surface area contributed by atoms with Crippen LogP contribution in [-0.4, -0.2) is 97.4 Å². The maximum Gasteiger partial charge on any atom is 0.522 e. The van der Waals surface area contributed by atoms with Gasteiger partial charge in [-0.05, 0) is 80.1 Å². The van der Waals surface area contributed by atoms with E-state index in [1.807, 2.05) is 36.4 Å². The number of nitrogens with zero attached hydrogens (tertiary/aromatic N) is 7. The number of rotatable bonds is 9. The molecule has 3 aromatic heterocycles. The van der Waals surface area contributed by atoms with Crippen LogP contribution in [0.4, 0.5) is 26.3 Å². The van der Waals surface area contributed by atoms with Crippen molar-refractivity contribution in [3.8, 4) is 11.1 Å². The summed E-state index contributed by atoms with van der Waals surface area (Å²) in [5, 5.41) is 0. The van der Waals surface area contributed by atoms with E-state index in [-0.39, 0.29) is 42.3 Å². The second-order valence-electron chi connectivity index (χ2n) is 15.1. The number of carbonyl (C=O) groups is 2. The number of hydrogen-bond donors (Lipinski definition) is 0. The second-order valence-corrected chi connectivity index (χ2v) is 16.0. The maximum absolute atomic E-state index is 12.7. The van der Waals surface area contributed by atoms with Crippen LogP contribution in [0.5, 0.6) is 0 Å². The number of imidazole rings is 2. The zero-order valence-corrected chi connectivity index (χ0v) is 35.2. The van der Waals surface area contributed by atoms with E-state index in [2.05, 4.69) is 30.4 Å². The van der Waals surface area contributed by atoms with Gasteiger partial charge in [0.05, 0.1) is 35.3 Å². The van der Waals surface area contributed by atoms with E-state index in [0.717, 1.165) is 45.3 Å². The van der Waals surface area contributed by atoms with Gasteiger partial charge in [0.25, 0.3) is 5.56 Å². The molecule has 12 nitrogen and oxygen atoms in total. The molecule has 0 spiro atoms. The first-order valence-electron chi connectivity index (χ1n) is 19.5. The molecule has 5 heterocycles. The molecule has 0 saturated carbocycles. The molecule has 2 saturated heterocycles. The fourth-order valence-electron chi connectivity index (χ4n) is 7.97. The summed E-state index contributed by atoms with van der Waals surface area (Å²) in [7, 11) is 1.68. The van der Waals surface area contributed by atoms with Crippen molar-refractivity contribution in [2.45, 2.75) is 84.1 Å². The van der Waals surface area contributed by atoms with Crippen molar-refractivity contribution in [3.63, 3.8) is 0 Å². The molecule has 0 unspecified atom stereocenters. The van der Waals surface area contributed by atoms with Gasteiger partial charge in [-0.1, -0.05) is 22.0 Å². The van der Waals surface area contributed by atoms with E-state index in [1.54, 1.807) is 52.1 Å². The number of carbonyl (C=O) groups excluding carboxylic acids is 2. The lowest BCUT2D eigenvalue weighted by atomic mass is 9.96. The van der Waals surface area contributed by atoms with Crippen LogP contribution in [0.2, 0.25) is 0 Å². The van der Waals surface area contributed by atoms with Crippen molar-refractivity contribution in [3.05, 3.63) is 80.7 Å². The number of pyridine rings is 1. The lowest BCUT2D eigenvalue weighted by molar-refractivity contribution is -0.326. The third kappa shape index (κ3) is 10.9. The Kier molecular flexibility index (Phi) is 13.8. The molecule has 324 valence electrons. The SMILES string of the molecule is CC(=O)N1CCC(c2nc3ccc(-c4cc(C)c(=O)n(C)c4)cc3n2CCOC(F)(F)F)CC1.CC(=O)N1CCC(c2nc3ccc(Br)cc3n2CCOC(F)(F)F)CC1. The highest BCUT2D eigenvalue weighted by atomic mass is 79.9. The number of benzene rings is 2. The van der Waals surface area contributed by atoms with Gasteiger partial charge in [0.1, 0.15) is 11.6 Å². The van der Waals surface area contributed by atoms with Crippen LogP contribution in [0.1, 0.15) is 68.6 Å². The Morgan fingerprint density at radius 2 is 1.17 bits per heavy atom. The average Bonchev–Trinajstić information content (AvgIpc) is 3.73. The van der Waals surface area contributed by atoms with Gasteiger partial charge in [0.15, 0.2) is 0 Å².